The number of hydrogen-bond acceptors (Lipinski definition) is 7. The molecule has 8 heteroatoms. The second-order valence-corrected chi connectivity index (χ2v) is 6.33. The summed E-state index contributed by atoms with van der Waals surface area (Å²) >= 11 is 0. The van der Waals surface area contributed by atoms with Gasteiger partial charge in [-0.25, -0.2) is 9.38 Å². The van der Waals surface area contributed by atoms with Crippen LogP contribution in [0.15, 0.2) is 28.2 Å². The number of anilines is 1. The quantitative estimate of drug-likeness (QED) is 0.812. The van der Waals surface area contributed by atoms with E-state index in [0.29, 0.717) is 11.3 Å². The number of rotatable bonds is 4. The van der Waals surface area contributed by atoms with E-state index in [0.717, 1.165) is 32.1 Å². The summed E-state index contributed by atoms with van der Waals surface area (Å²) in [6.07, 6.45) is 3.99. The van der Waals surface area contributed by atoms with Crippen molar-refractivity contribution in [2.45, 2.75) is 44.1 Å². The molecule has 136 valence electrons. The zero-order valence-corrected chi connectivity index (χ0v) is 14.5. The van der Waals surface area contributed by atoms with Crippen molar-refractivity contribution in [2.75, 3.05) is 19.1 Å². The average Bonchev–Trinajstić information content (AvgIpc) is 2.57. The molecule has 1 fully saturated rings. The molecule has 0 amide bonds. The highest BCUT2D eigenvalue weighted by Crippen LogP contribution is 2.40. The van der Waals surface area contributed by atoms with Gasteiger partial charge in [-0.1, -0.05) is 6.42 Å². The van der Waals surface area contributed by atoms with Crippen LogP contribution in [0.4, 0.5) is 10.1 Å². The molecule has 0 bridgehead atoms. The van der Waals surface area contributed by atoms with Crippen molar-refractivity contribution in [2.24, 2.45) is 21.5 Å². The van der Waals surface area contributed by atoms with Crippen LogP contribution < -0.4 is 16.4 Å². The Balaban J connectivity index is 2.01. The topological polar surface area (TPSA) is 98.5 Å². The Labute approximate surface area is 146 Å². The maximum atomic E-state index is 14.7. The first kappa shape index (κ1) is 17.6. The fourth-order valence-electron chi connectivity index (χ4n) is 3.69. The van der Waals surface area contributed by atoms with E-state index < -0.39 is 17.8 Å². The lowest BCUT2D eigenvalue weighted by Gasteiger charge is -2.45. The lowest BCUT2D eigenvalue weighted by Crippen LogP contribution is -2.58. The first-order valence-corrected chi connectivity index (χ1v) is 8.35. The van der Waals surface area contributed by atoms with Crippen LogP contribution in [0.3, 0.4) is 0 Å². The number of guanidine groups is 2. The number of benzene rings is 1. The van der Waals surface area contributed by atoms with Crippen molar-refractivity contribution >= 4 is 17.6 Å². The zero-order valence-electron chi connectivity index (χ0n) is 14.5. The van der Waals surface area contributed by atoms with Gasteiger partial charge in [-0.15, -0.1) is 0 Å². The fourth-order valence-corrected chi connectivity index (χ4v) is 3.69. The zero-order chi connectivity index (χ0) is 18.0. The number of ether oxygens (including phenoxy) is 2. The molecular formula is C17H24FN5O2. The van der Waals surface area contributed by atoms with Gasteiger partial charge in [0.25, 0.3) is 0 Å². The first-order valence-electron chi connectivity index (χ1n) is 8.35. The van der Waals surface area contributed by atoms with Crippen LogP contribution in [0.2, 0.25) is 0 Å². The number of nitrogens with two attached hydrogens (primary N) is 2. The molecule has 0 atom stereocenters. The normalized spacial score (nSPS) is 19.9. The van der Waals surface area contributed by atoms with Crippen molar-refractivity contribution in [3.05, 3.63) is 29.6 Å². The predicted molar refractivity (Wildman–Crippen MR) is 94.7 cm³/mol. The molecule has 1 aromatic rings. The molecule has 0 aromatic heterocycles. The Bertz CT molecular complexity index is 696. The molecule has 1 aromatic carbocycles. The maximum Gasteiger partial charge on any atom is 0.220 e. The summed E-state index contributed by atoms with van der Waals surface area (Å²) in [6, 6.07) is 4.82. The third-order valence-electron chi connectivity index (χ3n) is 4.78. The SMILES string of the molecule is COC(OC)c1ccc(N2C(N)=NC(N)=NC23CCCCC3)cc1F. The summed E-state index contributed by atoms with van der Waals surface area (Å²) in [7, 11) is 2.93. The molecule has 0 radical (unpaired) electrons. The highest BCUT2D eigenvalue weighted by Gasteiger charge is 2.42. The van der Waals surface area contributed by atoms with Crippen molar-refractivity contribution in [1.82, 2.24) is 0 Å². The van der Waals surface area contributed by atoms with Crippen LogP contribution in [0.5, 0.6) is 0 Å². The van der Waals surface area contributed by atoms with Gasteiger partial charge in [0, 0.05) is 25.5 Å². The summed E-state index contributed by atoms with van der Waals surface area (Å²) in [6.45, 7) is 0. The molecule has 2 aliphatic rings. The van der Waals surface area contributed by atoms with Gasteiger partial charge in [0.15, 0.2) is 6.29 Å². The molecular weight excluding hydrogens is 325 g/mol. The van der Waals surface area contributed by atoms with Gasteiger partial charge in [-0.2, -0.15) is 4.99 Å². The number of methoxy groups -OCH3 is 2. The lowest BCUT2D eigenvalue weighted by atomic mass is 9.87. The second-order valence-electron chi connectivity index (χ2n) is 6.33. The first-order chi connectivity index (χ1) is 12.0. The Kier molecular flexibility index (Phi) is 4.91. The van der Waals surface area contributed by atoms with Crippen LogP contribution >= 0.6 is 0 Å². The third kappa shape index (κ3) is 3.19. The minimum Gasteiger partial charge on any atom is -0.369 e. The minimum atomic E-state index is -0.765. The third-order valence-corrected chi connectivity index (χ3v) is 4.78. The highest BCUT2D eigenvalue weighted by molar-refractivity contribution is 6.05. The largest absolute Gasteiger partial charge is 0.369 e. The van der Waals surface area contributed by atoms with E-state index in [9.17, 15) is 4.39 Å². The van der Waals surface area contributed by atoms with Gasteiger partial charge in [0.1, 0.15) is 11.5 Å². The van der Waals surface area contributed by atoms with Gasteiger partial charge >= 0.3 is 0 Å². The van der Waals surface area contributed by atoms with E-state index in [1.54, 1.807) is 17.0 Å². The van der Waals surface area contributed by atoms with Gasteiger partial charge in [0.2, 0.25) is 11.9 Å². The van der Waals surface area contributed by atoms with Gasteiger partial charge < -0.3 is 20.9 Å². The smallest absolute Gasteiger partial charge is 0.220 e. The van der Waals surface area contributed by atoms with E-state index >= 15 is 0 Å². The monoisotopic (exact) mass is 349 g/mol. The van der Waals surface area contributed by atoms with Crippen LogP contribution in [-0.4, -0.2) is 31.8 Å². The predicted octanol–water partition coefficient (Wildman–Crippen LogP) is 2.23. The van der Waals surface area contributed by atoms with Gasteiger partial charge in [-0.05, 0) is 43.9 Å². The summed E-state index contributed by atoms with van der Waals surface area (Å²) in [4.78, 5) is 10.5. The second kappa shape index (κ2) is 6.97. The van der Waals surface area contributed by atoms with E-state index in [-0.39, 0.29) is 11.9 Å². The van der Waals surface area contributed by atoms with E-state index in [1.807, 2.05) is 0 Å². The van der Waals surface area contributed by atoms with Crippen LogP contribution in [0.25, 0.3) is 0 Å². The molecule has 0 saturated heterocycles. The van der Waals surface area contributed by atoms with Gasteiger partial charge in [-0.3, -0.25) is 4.90 Å². The Hall–Kier alpha value is -2.19. The summed E-state index contributed by atoms with van der Waals surface area (Å²) in [5, 5.41) is 0. The standard InChI is InChI=1S/C17H24FN5O2/c1-24-14(25-2)12-7-6-11(10-13(12)18)23-16(20)21-15(19)22-17(23)8-4-3-5-9-17/h6-7,10,14H,3-5,8-9H2,1-2H3,(H4,19,20,21,22). The summed E-state index contributed by atoms with van der Waals surface area (Å²) < 4.78 is 24.9. The van der Waals surface area contributed by atoms with E-state index in [1.165, 1.54) is 20.3 Å². The summed E-state index contributed by atoms with van der Waals surface area (Å²) in [5.41, 5.74) is 12.3. The fraction of sp³-hybridized carbons (Fsp3) is 0.529. The van der Waals surface area contributed by atoms with Gasteiger partial charge in [0.05, 0.1) is 0 Å². The van der Waals surface area contributed by atoms with Crippen molar-refractivity contribution in [1.29, 1.82) is 0 Å². The van der Waals surface area contributed by atoms with Crippen molar-refractivity contribution in [3.63, 3.8) is 0 Å². The molecule has 7 nitrogen and oxygen atoms in total. The van der Waals surface area contributed by atoms with E-state index in [4.69, 9.17) is 20.9 Å². The molecule has 1 aliphatic carbocycles. The van der Waals surface area contributed by atoms with Crippen LogP contribution in [0.1, 0.15) is 44.0 Å². The molecule has 1 saturated carbocycles. The molecule has 0 unspecified atom stereocenters. The molecule has 1 spiro atoms. The molecule has 1 aliphatic heterocycles. The Morgan fingerprint density at radius 3 is 2.44 bits per heavy atom. The maximum absolute atomic E-state index is 14.7. The minimum absolute atomic E-state index is 0.173. The Morgan fingerprint density at radius 2 is 1.84 bits per heavy atom. The number of halogens is 1. The molecule has 3 rings (SSSR count). The van der Waals surface area contributed by atoms with Crippen LogP contribution in [-0.2, 0) is 9.47 Å². The van der Waals surface area contributed by atoms with E-state index in [2.05, 4.69) is 9.98 Å². The van der Waals surface area contributed by atoms with Crippen LogP contribution in [0, 0.1) is 5.82 Å². The Morgan fingerprint density at radius 1 is 1.16 bits per heavy atom. The molecule has 4 N–H and O–H groups in total. The lowest BCUT2D eigenvalue weighted by molar-refractivity contribution is -0.107. The number of nitrogens with zero attached hydrogens (tertiary/aromatic N) is 3. The van der Waals surface area contributed by atoms with Crippen molar-refractivity contribution in [3.8, 4) is 0 Å². The summed E-state index contributed by atoms with van der Waals surface area (Å²) in [5.74, 6) is -0.0318. The molecule has 25 heavy (non-hydrogen) atoms. The number of hydrogen-bond donors (Lipinski definition) is 2. The van der Waals surface area contributed by atoms with Crippen molar-refractivity contribution < 1.29 is 13.9 Å². The average molecular weight is 349 g/mol. The highest BCUT2D eigenvalue weighted by atomic mass is 19.1. The number of aliphatic imine (C=N–C) groups is 2. The molecule has 1 heterocycles.